The molecule has 0 saturated heterocycles. The summed E-state index contributed by atoms with van der Waals surface area (Å²) in [6, 6.07) is 5.75. The van der Waals surface area contributed by atoms with Crippen LogP contribution in [0.2, 0.25) is 0 Å². The van der Waals surface area contributed by atoms with Gasteiger partial charge in [-0.15, -0.1) is 0 Å². The fraction of sp³-hybridized carbons (Fsp3) is 0.526. The number of hydrogen-bond acceptors (Lipinski definition) is 4. The van der Waals surface area contributed by atoms with Crippen LogP contribution in [0.25, 0.3) is 11.4 Å². The number of alkyl halides is 2. The monoisotopic (exact) mass is 346 g/mol. The highest BCUT2D eigenvalue weighted by Gasteiger charge is 2.28. The number of carbonyl (C=O) groups excluding carboxylic acids is 1. The molecule has 2 aliphatic rings. The van der Waals surface area contributed by atoms with Gasteiger partial charge in [0.1, 0.15) is 5.78 Å². The third-order valence-electron chi connectivity index (χ3n) is 5.45. The number of fused-ring (bicyclic) bond motifs is 1. The summed E-state index contributed by atoms with van der Waals surface area (Å²) >= 11 is 0. The molecule has 1 heterocycles. The molecule has 0 spiro atoms. The molecule has 0 unspecified atom stereocenters. The zero-order chi connectivity index (χ0) is 17.4. The predicted octanol–water partition coefficient (Wildman–Crippen LogP) is 4.85. The maximum Gasteiger partial charge on any atom is 0.315 e. The minimum Gasteiger partial charge on any atom is -0.333 e. The molecule has 25 heavy (non-hydrogen) atoms. The van der Waals surface area contributed by atoms with E-state index in [-0.39, 0.29) is 11.7 Å². The van der Waals surface area contributed by atoms with Gasteiger partial charge in [-0.2, -0.15) is 13.8 Å². The highest BCUT2D eigenvalue weighted by Crippen LogP contribution is 2.39. The molecular formula is C19H20F2N2O2. The summed E-state index contributed by atoms with van der Waals surface area (Å²) in [7, 11) is 0. The quantitative estimate of drug-likeness (QED) is 0.750. The van der Waals surface area contributed by atoms with Crippen molar-refractivity contribution >= 4 is 5.78 Å². The van der Waals surface area contributed by atoms with Crippen molar-refractivity contribution in [1.29, 1.82) is 0 Å². The molecule has 0 radical (unpaired) electrons. The van der Waals surface area contributed by atoms with Gasteiger partial charge in [0.2, 0.25) is 5.82 Å². The van der Waals surface area contributed by atoms with Gasteiger partial charge >= 0.3 is 6.43 Å². The van der Waals surface area contributed by atoms with Crippen molar-refractivity contribution < 1.29 is 18.1 Å². The fourth-order valence-corrected chi connectivity index (χ4v) is 3.88. The van der Waals surface area contributed by atoms with E-state index in [0.29, 0.717) is 23.7 Å². The maximum atomic E-state index is 12.6. The lowest BCUT2D eigenvalue weighted by molar-refractivity contribution is -0.120. The van der Waals surface area contributed by atoms with Gasteiger partial charge in [0.05, 0.1) is 0 Å². The maximum absolute atomic E-state index is 12.6. The first-order valence-electron chi connectivity index (χ1n) is 8.87. The lowest BCUT2D eigenvalue weighted by atomic mass is 9.80. The van der Waals surface area contributed by atoms with Crippen LogP contribution in [-0.4, -0.2) is 15.9 Å². The average Bonchev–Trinajstić information content (AvgIpc) is 3.18. The van der Waals surface area contributed by atoms with E-state index in [4.69, 9.17) is 0 Å². The number of aromatic nitrogens is 2. The molecule has 1 aromatic carbocycles. The molecule has 0 aliphatic heterocycles. The second-order valence-electron chi connectivity index (χ2n) is 7.15. The van der Waals surface area contributed by atoms with Gasteiger partial charge in [0, 0.05) is 18.4 Å². The number of carbonyl (C=O) groups is 1. The summed E-state index contributed by atoms with van der Waals surface area (Å²) in [6.07, 6.45) is 4.08. The van der Waals surface area contributed by atoms with Crippen LogP contribution < -0.4 is 0 Å². The van der Waals surface area contributed by atoms with Crippen LogP contribution in [0.1, 0.15) is 67.9 Å². The topological polar surface area (TPSA) is 56.0 Å². The Morgan fingerprint density at radius 1 is 1.24 bits per heavy atom. The lowest BCUT2D eigenvalue weighted by Crippen LogP contribution is -2.17. The van der Waals surface area contributed by atoms with E-state index in [0.717, 1.165) is 24.8 Å². The van der Waals surface area contributed by atoms with Crippen LogP contribution in [0, 0.1) is 5.92 Å². The van der Waals surface area contributed by atoms with Gasteiger partial charge in [-0.1, -0.05) is 36.6 Å². The van der Waals surface area contributed by atoms with Gasteiger partial charge in [-0.3, -0.25) is 4.79 Å². The molecule has 0 amide bonds. The molecule has 0 N–H and O–H groups in total. The van der Waals surface area contributed by atoms with E-state index in [1.807, 2.05) is 18.2 Å². The van der Waals surface area contributed by atoms with E-state index in [9.17, 15) is 13.6 Å². The first-order valence-corrected chi connectivity index (χ1v) is 8.87. The summed E-state index contributed by atoms with van der Waals surface area (Å²) in [6.45, 7) is 0. The molecule has 2 aromatic rings. The molecule has 4 rings (SSSR count). The second kappa shape index (κ2) is 6.65. The van der Waals surface area contributed by atoms with Gasteiger partial charge in [-0.25, -0.2) is 0 Å². The number of ketones is 1. The van der Waals surface area contributed by atoms with E-state index in [1.54, 1.807) is 0 Å². The molecule has 1 saturated carbocycles. The molecule has 132 valence electrons. The Kier molecular flexibility index (Phi) is 4.36. The Labute approximate surface area is 144 Å². The number of nitrogens with zero attached hydrogens (tertiary/aromatic N) is 2. The van der Waals surface area contributed by atoms with Gasteiger partial charge in [0.25, 0.3) is 5.89 Å². The third kappa shape index (κ3) is 3.34. The largest absolute Gasteiger partial charge is 0.333 e. The molecule has 4 nitrogen and oxygen atoms in total. The predicted molar refractivity (Wildman–Crippen MR) is 87.3 cm³/mol. The summed E-state index contributed by atoms with van der Waals surface area (Å²) in [5.74, 6) is 0.778. The SMILES string of the molecule is O=C(CC1CCC1)C[C@@H]1CCc2cc(-c3noc(C(F)F)n3)ccc21. The first-order chi connectivity index (χ1) is 12.1. The Balaban J connectivity index is 1.46. The van der Waals surface area contributed by atoms with Crippen LogP contribution in [0.15, 0.2) is 22.7 Å². The zero-order valence-corrected chi connectivity index (χ0v) is 13.9. The number of halogens is 2. The van der Waals surface area contributed by atoms with E-state index in [2.05, 4.69) is 14.7 Å². The van der Waals surface area contributed by atoms with Crippen LogP contribution in [0.4, 0.5) is 8.78 Å². The number of rotatable bonds is 6. The summed E-state index contributed by atoms with van der Waals surface area (Å²) in [5.41, 5.74) is 3.03. The lowest BCUT2D eigenvalue weighted by Gasteiger charge is -2.25. The minimum atomic E-state index is -2.76. The molecule has 6 heteroatoms. The zero-order valence-electron chi connectivity index (χ0n) is 13.9. The van der Waals surface area contributed by atoms with Crippen molar-refractivity contribution in [2.45, 2.75) is 57.3 Å². The van der Waals surface area contributed by atoms with Crippen molar-refractivity contribution in [1.82, 2.24) is 10.1 Å². The number of aryl methyl sites for hydroxylation is 1. The highest BCUT2D eigenvalue weighted by molar-refractivity contribution is 5.80. The van der Waals surface area contributed by atoms with Crippen LogP contribution in [0.5, 0.6) is 0 Å². The highest BCUT2D eigenvalue weighted by atomic mass is 19.3. The Bertz CT molecular complexity index is 783. The van der Waals surface area contributed by atoms with Crippen molar-refractivity contribution in [2.24, 2.45) is 5.92 Å². The normalized spacial score (nSPS) is 19.9. The number of benzene rings is 1. The van der Waals surface area contributed by atoms with Crippen LogP contribution >= 0.6 is 0 Å². The molecular weight excluding hydrogens is 326 g/mol. The smallest absolute Gasteiger partial charge is 0.315 e. The number of Topliss-reactive ketones (excluding diaryl/α,β-unsaturated/α-hetero) is 1. The summed E-state index contributed by atoms with van der Waals surface area (Å²) < 4.78 is 29.7. The van der Waals surface area contributed by atoms with Gasteiger partial charge in [-0.05, 0) is 41.9 Å². The fourth-order valence-electron chi connectivity index (χ4n) is 3.88. The standard InChI is InChI=1S/C19H20F2N2O2/c20-17(21)19-22-18(23-25-19)14-6-7-16-12(9-14)4-5-13(16)10-15(24)8-11-2-1-3-11/h6-7,9,11,13,17H,1-5,8,10H2/t13-/m0/s1. The summed E-state index contributed by atoms with van der Waals surface area (Å²) in [5, 5.41) is 3.63. The molecule has 0 bridgehead atoms. The molecule has 1 aromatic heterocycles. The third-order valence-corrected chi connectivity index (χ3v) is 5.45. The van der Waals surface area contributed by atoms with Gasteiger partial charge in [0.15, 0.2) is 0 Å². The Hall–Kier alpha value is -2.11. The molecule has 1 atom stereocenters. The minimum absolute atomic E-state index is 0.183. The Morgan fingerprint density at radius 3 is 2.76 bits per heavy atom. The second-order valence-corrected chi connectivity index (χ2v) is 7.15. The van der Waals surface area contributed by atoms with Crippen LogP contribution in [-0.2, 0) is 11.2 Å². The van der Waals surface area contributed by atoms with E-state index in [1.165, 1.54) is 24.8 Å². The van der Waals surface area contributed by atoms with E-state index >= 15 is 0 Å². The van der Waals surface area contributed by atoms with Crippen molar-refractivity contribution in [3.8, 4) is 11.4 Å². The summed E-state index contributed by atoms with van der Waals surface area (Å²) in [4.78, 5) is 16.0. The Morgan fingerprint density at radius 2 is 2.08 bits per heavy atom. The van der Waals surface area contributed by atoms with Gasteiger partial charge < -0.3 is 4.52 Å². The molecule has 1 fully saturated rings. The van der Waals surface area contributed by atoms with E-state index < -0.39 is 12.3 Å². The number of hydrogen-bond donors (Lipinski definition) is 0. The first kappa shape index (κ1) is 16.4. The van der Waals surface area contributed by atoms with Crippen molar-refractivity contribution in [2.75, 3.05) is 0 Å². The van der Waals surface area contributed by atoms with Crippen LogP contribution in [0.3, 0.4) is 0 Å². The van der Waals surface area contributed by atoms with Crippen molar-refractivity contribution in [3.63, 3.8) is 0 Å². The van der Waals surface area contributed by atoms with Crippen molar-refractivity contribution in [3.05, 3.63) is 35.2 Å². The average molecular weight is 346 g/mol. The molecule has 2 aliphatic carbocycles.